The van der Waals surface area contributed by atoms with Gasteiger partial charge in [-0.3, -0.25) is 30.2 Å². The number of thiocarbonyl (C=S) groups is 1. The van der Waals surface area contributed by atoms with Gasteiger partial charge in [0.05, 0.1) is 5.69 Å². The first-order valence-corrected chi connectivity index (χ1v) is 8.70. The summed E-state index contributed by atoms with van der Waals surface area (Å²) in [5.41, 5.74) is 1.83. The van der Waals surface area contributed by atoms with Gasteiger partial charge in [-0.15, -0.1) is 11.8 Å². The zero-order valence-corrected chi connectivity index (χ0v) is 15.8. The number of carbonyl (C=O) groups excluding carboxylic acids is 2. The van der Waals surface area contributed by atoms with Gasteiger partial charge in [-0.2, -0.15) is 0 Å². The first kappa shape index (κ1) is 19.5. The normalized spacial score (nSPS) is 15.8. The summed E-state index contributed by atoms with van der Waals surface area (Å²) in [5, 5.41) is 21.7. The first-order valence-electron chi connectivity index (χ1n) is 8.29. The molecule has 3 N–H and O–H groups in total. The van der Waals surface area contributed by atoms with Gasteiger partial charge < -0.3 is 4.57 Å². The van der Waals surface area contributed by atoms with E-state index in [1.54, 1.807) is 35.0 Å². The van der Waals surface area contributed by atoms with Crippen LogP contribution in [0, 0.1) is 6.92 Å². The highest BCUT2D eigenvalue weighted by Gasteiger charge is 2.32. The van der Waals surface area contributed by atoms with Gasteiger partial charge in [0.1, 0.15) is 11.3 Å². The summed E-state index contributed by atoms with van der Waals surface area (Å²) >= 11 is 5.04. The Morgan fingerprint density at radius 2 is 2.04 bits per heavy atom. The van der Waals surface area contributed by atoms with E-state index in [9.17, 15) is 20.0 Å². The predicted octanol–water partition coefficient (Wildman–Crippen LogP) is 2.18. The molecule has 2 aromatic rings. The van der Waals surface area contributed by atoms with E-state index in [0.29, 0.717) is 11.4 Å². The largest absolute Gasteiger partial charge is 0.315 e. The maximum absolute atomic E-state index is 12.7. The molecule has 1 aliphatic rings. The predicted molar refractivity (Wildman–Crippen MR) is 107 cm³/mol. The summed E-state index contributed by atoms with van der Waals surface area (Å²) in [6.45, 7) is 5.57. The van der Waals surface area contributed by atoms with Crippen molar-refractivity contribution in [3.8, 4) is 5.69 Å². The number of hydrogen-bond donors (Lipinski definition) is 3. The number of aryl methyl sites for hydroxylation is 1. The molecule has 28 heavy (non-hydrogen) atoms. The minimum Gasteiger partial charge on any atom is -0.315 e. The number of aromatic nitrogens is 1. The zero-order valence-electron chi connectivity index (χ0n) is 15.0. The summed E-state index contributed by atoms with van der Waals surface area (Å²) in [6.07, 6.45) is 4.62. The standard InChI is InChI=1S/C19H18N4O4S/c1-3-8-22-18(25)14(17(24)20-19(22)28)11-13-5-4-9-21(13)15-7-6-12(2)10-16(15)23(26)27/h3-7,9-11,26-27H,1,8H2,2H3,(H,20,24,28). The van der Waals surface area contributed by atoms with E-state index in [4.69, 9.17) is 12.2 Å². The maximum Gasteiger partial charge on any atom is 0.266 e. The van der Waals surface area contributed by atoms with Crippen molar-refractivity contribution in [2.24, 2.45) is 0 Å². The van der Waals surface area contributed by atoms with E-state index < -0.39 is 11.8 Å². The third-order valence-electron chi connectivity index (χ3n) is 4.18. The maximum atomic E-state index is 12.7. The lowest BCUT2D eigenvalue weighted by atomic mass is 10.1. The van der Waals surface area contributed by atoms with Crippen LogP contribution < -0.4 is 10.5 Å². The van der Waals surface area contributed by atoms with Gasteiger partial charge in [-0.25, -0.2) is 0 Å². The minimum atomic E-state index is -0.599. The Kier molecular flexibility index (Phi) is 5.41. The number of nitrogens with one attached hydrogen (secondary N) is 1. The molecule has 1 aromatic heterocycles. The molecule has 1 aliphatic heterocycles. The van der Waals surface area contributed by atoms with E-state index in [2.05, 4.69) is 11.9 Å². The number of anilines is 1. The molecule has 144 valence electrons. The van der Waals surface area contributed by atoms with Crippen LogP contribution in [-0.4, -0.2) is 43.4 Å². The molecule has 1 aromatic carbocycles. The van der Waals surface area contributed by atoms with E-state index >= 15 is 0 Å². The topological polar surface area (TPSA) is 98.0 Å². The molecule has 2 amide bonds. The monoisotopic (exact) mass is 398 g/mol. The third kappa shape index (κ3) is 3.58. The highest BCUT2D eigenvalue weighted by atomic mass is 32.1. The molecule has 2 heterocycles. The Hall–Kier alpha value is -3.27. The van der Waals surface area contributed by atoms with Gasteiger partial charge in [0.25, 0.3) is 11.8 Å². The fraction of sp³-hybridized carbons (Fsp3) is 0.105. The van der Waals surface area contributed by atoms with Gasteiger partial charge >= 0.3 is 0 Å². The van der Waals surface area contributed by atoms with Crippen LogP contribution in [0.15, 0.2) is 54.8 Å². The van der Waals surface area contributed by atoms with Crippen LogP contribution in [-0.2, 0) is 9.59 Å². The van der Waals surface area contributed by atoms with Crippen LogP contribution in [0.25, 0.3) is 11.8 Å². The smallest absolute Gasteiger partial charge is 0.266 e. The molecule has 3 rings (SSSR count). The molecule has 1 saturated heterocycles. The lowest BCUT2D eigenvalue weighted by Crippen LogP contribution is -2.53. The number of benzene rings is 1. The Labute approximate surface area is 166 Å². The third-order valence-corrected chi connectivity index (χ3v) is 4.50. The molecule has 9 heteroatoms. The molecule has 0 aliphatic carbocycles. The summed E-state index contributed by atoms with van der Waals surface area (Å²) in [6, 6.07) is 8.51. The second kappa shape index (κ2) is 7.77. The summed E-state index contributed by atoms with van der Waals surface area (Å²) in [7, 11) is 0. The van der Waals surface area contributed by atoms with E-state index in [1.165, 1.54) is 17.1 Å². The SMILES string of the molecule is C=CCN1C(=O)C(=Cc2cccn2-c2ccc(C)cc2N(O)O)C(=O)NC1=S. The number of hydrogen-bond acceptors (Lipinski definition) is 6. The number of carbonyl (C=O) groups is 2. The lowest BCUT2D eigenvalue weighted by Gasteiger charge is -2.27. The fourth-order valence-corrected chi connectivity index (χ4v) is 3.12. The Morgan fingerprint density at radius 1 is 1.29 bits per heavy atom. The van der Waals surface area contributed by atoms with Gasteiger partial charge in [-0.05, 0) is 55.0 Å². The molecular formula is C19H18N4O4S. The van der Waals surface area contributed by atoms with Crippen molar-refractivity contribution in [1.82, 2.24) is 14.8 Å². The number of amides is 2. The van der Waals surface area contributed by atoms with Crippen LogP contribution >= 0.6 is 12.2 Å². The summed E-state index contributed by atoms with van der Waals surface area (Å²) in [4.78, 5) is 26.3. The molecule has 0 unspecified atom stereocenters. The molecule has 0 atom stereocenters. The molecule has 1 fully saturated rings. The molecule has 8 nitrogen and oxygen atoms in total. The van der Waals surface area contributed by atoms with E-state index in [-0.39, 0.29) is 28.1 Å². The Balaban J connectivity index is 2.07. The first-order chi connectivity index (χ1) is 13.3. The average molecular weight is 398 g/mol. The molecule has 0 spiro atoms. The number of nitrogens with zero attached hydrogens (tertiary/aromatic N) is 3. The summed E-state index contributed by atoms with van der Waals surface area (Å²) < 4.78 is 1.63. The van der Waals surface area contributed by atoms with Crippen LogP contribution in [0.5, 0.6) is 0 Å². The quantitative estimate of drug-likeness (QED) is 0.235. The highest BCUT2D eigenvalue weighted by Crippen LogP contribution is 2.27. The molecule has 0 bridgehead atoms. The van der Waals surface area contributed by atoms with Crippen molar-refractivity contribution in [3.05, 3.63) is 66.0 Å². The highest BCUT2D eigenvalue weighted by molar-refractivity contribution is 7.80. The van der Waals surface area contributed by atoms with Gasteiger partial charge in [-0.1, -0.05) is 12.1 Å². The van der Waals surface area contributed by atoms with Crippen molar-refractivity contribution in [2.45, 2.75) is 6.92 Å². The molecule has 0 radical (unpaired) electrons. The zero-order chi connectivity index (χ0) is 20.4. The fourth-order valence-electron chi connectivity index (χ4n) is 2.87. The second-order valence-electron chi connectivity index (χ2n) is 6.11. The van der Waals surface area contributed by atoms with Crippen LogP contribution in [0.4, 0.5) is 5.69 Å². The number of rotatable bonds is 5. The lowest BCUT2D eigenvalue weighted by molar-refractivity contribution is -0.128. The Bertz CT molecular complexity index is 1010. The molecular weight excluding hydrogens is 380 g/mol. The van der Waals surface area contributed by atoms with Crippen LogP contribution in [0.3, 0.4) is 0 Å². The van der Waals surface area contributed by atoms with Crippen LogP contribution in [0.2, 0.25) is 0 Å². The van der Waals surface area contributed by atoms with Crippen molar-refractivity contribution >= 4 is 40.9 Å². The summed E-state index contributed by atoms with van der Waals surface area (Å²) in [5.74, 6) is -1.13. The Morgan fingerprint density at radius 3 is 2.71 bits per heavy atom. The van der Waals surface area contributed by atoms with Crippen molar-refractivity contribution in [2.75, 3.05) is 11.8 Å². The second-order valence-corrected chi connectivity index (χ2v) is 6.49. The van der Waals surface area contributed by atoms with Crippen molar-refractivity contribution < 1.29 is 20.0 Å². The van der Waals surface area contributed by atoms with Gasteiger partial charge in [0, 0.05) is 18.4 Å². The van der Waals surface area contributed by atoms with E-state index in [0.717, 1.165) is 5.56 Å². The minimum absolute atomic E-state index is 0.0273. The van der Waals surface area contributed by atoms with Gasteiger partial charge in [0.15, 0.2) is 5.11 Å². The van der Waals surface area contributed by atoms with E-state index in [1.807, 2.05) is 13.0 Å². The average Bonchev–Trinajstić information content (AvgIpc) is 3.10. The molecule has 0 saturated carbocycles. The van der Waals surface area contributed by atoms with Crippen LogP contribution in [0.1, 0.15) is 11.3 Å². The van der Waals surface area contributed by atoms with Gasteiger partial charge in [0.2, 0.25) is 0 Å². The van der Waals surface area contributed by atoms with Crippen molar-refractivity contribution in [3.63, 3.8) is 0 Å². The van der Waals surface area contributed by atoms with Crippen molar-refractivity contribution in [1.29, 1.82) is 0 Å².